The van der Waals surface area contributed by atoms with Gasteiger partial charge in [-0.25, -0.2) is 0 Å². The Labute approximate surface area is 104 Å². The number of rotatable bonds is 11. The van der Waals surface area contributed by atoms with Crippen molar-refractivity contribution in [2.24, 2.45) is 5.73 Å². The molecule has 0 radical (unpaired) electrons. The van der Waals surface area contributed by atoms with Crippen LogP contribution >= 0.6 is 0 Å². The Bertz CT molecular complexity index is 214. The highest BCUT2D eigenvalue weighted by molar-refractivity contribution is 5.02. The van der Waals surface area contributed by atoms with E-state index in [0.29, 0.717) is 46.1 Å². The summed E-state index contributed by atoms with van der Waals surface area (Å²) in [5.74, 6) is 5.30. The first-order chi connectivity index (χ1) is 8.31. The van der Waals surface area contributed by atoms with E-state index in [1.165, 1.54) is 0 Å². The van der Waals surface area contributed by atoms with Gasteiger partial charge in [0.15, 0.2) is 0 Å². The summed E-state index contributed by atoms with van der Waals surface area (Å²) in [5, 5.41) is 12.3. The lowest BCUT2D eigenvalue weighted by atomic mass is 10.3. The van der Waals surface area contributed by atoms with Crippen molar-refractivity contribution in [1.29, 1.82) is 0 Å². The molecule has 0 heterocycles. The molecule has 0 spiro atoms. The Hall–Kier alpha value is -0.640. The van der Waals surface area contributed by atoms with Crippen molar-refractivity contribution in [1.82, 2.24) is 5.32 Å². The standard InChI is InChI=1S/C12H24N2O3/c1-2-4-12(15)11-14-6-8-17-10-9-16-7-3-5-13/h12,14-15H,3,5-11,13H2,1H3. The van der Waals surface area contributed by atoms with Crippen LogP contribution in [-0.4, -0.2) is 57.3 Å². The van der Waals surface area contributed by atoms with Gasteiger partial charge in [-0.05, 0) is 19.9 Å². The number of nitrogens with two attached hydrogens (primary N) is 1. The second-order valence-corrected chi connectivity index (χ2v) is 3.48. The van der Waals surface area contributed by atoms with E-state index in [1.54, 1.807) is 6.92 Å². The maximum Gasteiger partial charge on any atom is 0.127 e. The van der Waals surface area contributed by atoms with Crippen LogP contribution in [0, 0.1) is 11.8 Å². The summed E-state index contributed by atoms with van der Waals surface area (Å²) in [6.07, 6.45) is 0.289. The highest BCUT2D eigenvalue weighted by Gasteiger charge is 1.96. The molecule has 0 aromatic heterocycles. The van der Waals surface area contributed by atoms with Gasteiger partial charge in [-0.1, -0.05) is 5.92 Å². The van der Waals surface area contributed by atoms with Crippen LogP contribution in [0.4, 0.5) is 0 Å². The van der Waals surface area contributed by atoms with Crippen LogP contribution in [0.2, 0.25) is 0 Å². The number of hydrogen-bond donors (Lipinski definition) is 3. The predicted octanol–water partition coefficient (Wildman–Crippen LogP) is -0.658. The van der Waals surface area contributed by atoms with Gasteiger partial charge in [0.25, 0.3) is 0 Å². The lowest BCUT2D eigenvalue weighted by Crippen LogP contribution is -2.28. The molecule has 1 atom stereocenters. The molecule has 0 aliphatic rings. The lowest BCUT2D eigenvalue weighted by molar-refractivity contribution is 0.0480. The van der Waals surface area contributed by atoms with Crippen LogP contribution in [0.5, 0.6) is 0 Å². The summed E-state index contributed by atoms with van der Waals surface area (Å²) in [4.78, 5) is 0. The topological polar surface area (TPSA) is 76.7 Å². The van der Waals surface area contributed by atoms with Gasteiger partial charge in [-0.3, -0.25) is 0 Å². The lowest BCUT2D eigenvalue weighted by Gasteiger charge is -2.07. The molecule has 0 aromatic rings. The summed E-state index contributed by atoms with van der Waals surface area (Å²) in [6, 6.07) is 0. The number of ether oxygens (including phenoxy) is 2. The Morgan fingerprint density at radius 2 is 1.94 bits per heavy atom. The predicted molar refractivity (Wildman–Crippen MR) is 67.6 cm³/mol. The van der Waals surface area contributed by atoms with Gasteiger partial charge in [-0.2, -0.15) is 0 Å². The molecule has 0 aliphatic carbocycles. The quantitative estimate of drug-likeness (QED) is 0.332. The molecule has 0 fully saturated rings. The van der Waals surface area contributed by atoms with Crippen LogP contribution in [0.25, 0.3) is 0 Å². The second kappa shape index (κ2) is 13.4. The number of nitrogens with one attached hydrogen (secondary N) is 1. The molecule has 5 nitrogen and oxygen atoms in total. The van der Waals surface area contributed by atoms with Gasteiger partial charge in [0.05, 0.1) is 19.8 Å². The minimum absolute atomic E-state index is 0.469. The van der Waals surface area contributed by atoms with Crippen LogP contribution in [0.1, 0.15) is 13.3 Å². The third kappa shape index (κ3) is 13.3. The van der Waals surface area contributed by atoms with E-state index in [9.17, 15) is 5.11 Å². The Morgan fingerprint density at radius 1 is 1.24 bits per heavy atom. The molecule has 100 valence electrons. The van der Waals surface area contributed by atoms with Crippen molar-refractivity contribution < 1.29 is 14.6 Å². The van der Waals surface area contributed by atoms with E-state index >= 15 is 0 Å². The summed E-state index contributed by atoms with van der Waals surface area (Å²) in [5.41, 5.74) is 5.32. The largest absolute Gasteiger partial charge is 0.379 e. The van der Waals surface area contributed by atoms with Crippen molar-refractivity contribution in [3.05, 3.63) is 0 Å². The Balaban J connectivity index is 3.05. The first-order valence-corrected chi connectivity index (χ1v) is 5.98. The highest BCUT2D eigenvalue weighted by Crippen LogP contribution is 1.82. The van der Waals surface area contributed by atoms with E-state index in [-0.39, 0.29) is 0 Å². The normalized spacial score (nSPS) is 11.9. The molecule has 5 heteroatoms. The molecule has 0 bridgehead atoms. The smallest absolute Gasteiger partial charge is 0.127 e. The fourth-order valence-electron chi connectivity index (χ4n) is 1.11. The zero-order valence-corrected chi connectivity index (χ0v) is 10.6. The number of aliphatic hydroxyl groups is 1. The fraction of sp³-hybridized carbons (Fsp3) is 0.833. The van der Waals surface area contributed by atoms with E-state index in [2.05, 4.69) is 17.2 Å². The van der Waals surface area contributed by atoms with E-state index in [0.717, 1.165) is 6.42 Å². The zero-order chi connectivity index (χ0) is 12.8. The third-order valence-electron chi connectivity index (χ3n) is 1.94. The number of hydrogen-bond acceptors (Lipinski definition) is 5. The summed E-state index contributed by atoms with van der Waals surface area (Å²) in [6.45, 7) is 6.02. The molecule has 17 heavy (non-hydrogen) atoms. The van der Waals surface area contributed by atoms with Crippen molar-refractivity contribution >= 4 is 0 Å². The van der Waals surface area contributed by atoms with Crippen molar-refractivity contribution in [3.63, 3.8) is 0 Å². The first kappa shape index (κ1) is 16.4. The molecule has 0 aliphatic heterocycles. The van der Waals surface area contributed by atoms with Crippen molar-refractivity contribution in [3.8, 4) is 11.8 Å². The minimum Gasteiger partial charge on any atom is -0.379 e. The molecule has 1 unspecified atom stereocenters. The van der Waals surface area contributed by atoms with Crippen LogP contribution in [0.15, 0.2) is 0 Å². The molecule has 0 rings (SSSR count). The van der Waals surface area contributed by atoms with Crippen molar-refractivity contribution in [2.45, 2.75) is 19.4 Å². The maximum atomic E-state index is 9.27. The third-order valence-corrected chi connectivity index (χ3v) is 1.94. The summed E-state index contributed by atoms with van der Waals surface area (Å²) in [7, 11) is 0. The average Bonchev–Trinajstić information content (AvgIpc) is 2.32. The summed E-state index contributed by atoms with van der Waals surface area (Å²) >= 11 is 0. The molecule has 0 amide bonds. The number of aliphatic hydroxyl groups excluding tert-OH is 1. The Morgan fingerprint density at radius 3 is 2.59 bits per heavy atom. The second-order valence-electron chi connectivity index (χ2n) is 3.48. The van der Waals surface area contributed by atoms with Gasteiger partial charge in [0.1, 0.15) is 6.10 Å². The van der Waals surface area contributed by atoms with Gasteiger partial charge in [-0.15, -0.1) is 5.92 Å². The molecule has 0 aromatic carbocycles. The zero-order valence-electron chi connectivity index (χ0n) is 10.6. The minimum atomic E-state index is -0.598. The van der Waals surface area contributed by atoms with E-state index in [1.807, 2.05) is 0 Å². The molecular formula is C12H24N2O3. The van der Waals surface area contributed by atoms with E-state index in [4.69, 9.17) is 15.2 Å². The monoisotopic (exact) mass is 244 g/mol. The van der Waals surface area contributed by atoms with E-state index < -0.39 is 6.10 Å². The first-order valence-electron chi connectivity index (χ1n) is 5.98. The molecular weight excluding hydrogens is 220 g/mol. The van der Waals surface area contributed by atoms with Gasteiger partial charge in [0, 0.05) is 19.7 Å². The van der Waals surface area contributed by atoms with Gasteiger partial charge < -0.3 is 25.6 Å². The maximum absolute atomic E-state index is 9.27. The fourth-order valence-corrected chi connectivity index (χ4v) is 1.11. The molecule has 4 N–H and O–H groups in total. The van der Waals surface area contributed by atoms with Crippen LogP contribution in [-0.2, 0) is 9.47 Å². The average molecular weight is 244 g/mol. The summed E-state index contributed by atoms with van der Waals surface area (Å²) < 4.78 is 10.6. The Kier molecular flexibility index (Phi) is 12.9. The van der Waals surface area contributed by atoms with Crippen molar-refractivity contribution in [2.75, 3.05) is 46.1 Å². The van der Waals surface area contributed by atoms with Gasteiger partial charge in [0.2, 0.25) is 0 Å². The van der Waals surface area contributed by atoms with Crippen LogP contribution < -0.4 is 11.1 Å². The molecule has 0 saturated carbocycles. The van der Waals surface area contributed by atoms with Gasteiger partial charge >= 0.3 is 0 Å². The highest BCUT2D eigenvalue weighted by atomic mass is 16.5. The van der Waals surface area contributed by atoms with Crippen LogP contribution in [0.3, 0.4) is 0 Å². The molecule has 0 saturated heterocycles. The SMILES string of the molecule is CC#CC(O)CNCCOCCOCCCN.